The number of likely N-dealkylation sites (tertiary alicyclic amines) is 1. The normalized spacial score (nSPS) is 20.2. The molecule has 6 heteroatoms. The van der Waals surface area contributed by atoms with Gasteiger partial charge in [0.15, 0.2) is 0 Å². The summed E-state index contributed by atoms with van der Waals surface area (Å²) in [6, 6.07) is 0.0298. The van der Waals surface area contributed by atoms with Gasteiger partial charge < -0.3 is 10.2 Å². The van der Waals surface area contributed by atoms with Crippen molar-refractivity contribution < 1.29 is 9.59 Å². The first kappa shape index (κ1) is 22.7. The van der Waals surface area contributed by atoms with Crippen LogP contribution in [0.1, 0.15) is 102 Å². The van der Waals surface area contributed by atoms with Crippen molar-refractivity contribution in [1.29, 1.82) is 0 Å². The predicted molar refractivity (Wildman–Crippen MR) is 118 cm³/mol. The third-order valence-corrected chi connectivity index (χ3v) is 6.66. The molecule has 1 aromatic heterocycles. The quantitative estimate of drug-likeness (QED) is 0.785. The number of rotatable bonds is 5. The SMILES string of the molecule is CCC(CC)C(=O)N[C@@H]1CCCc2nc(C3CCN(C(=O)C(C)(C)C)CC3)ncc21. The zero-order valence-electron chi connectivity index (χ0n) is 19.3. The van der Waals surface area contributed by atoms with E-state index in [9.17, 15) is 9.59 Å². The number of fused-ring (bicyclic) bond motifs is 1. The highest BCUT2D eigenvalue weighted by Gasteiger charge is 2.32. The van der Waals surface area contributed by atoms with Crippen LogP contribution in [0.25, 0.3) is 0 Å². The maximum absolute atomic E-state index is 12.6. The number of hydrogen-bond donors (Lipinski definition) is 1. The molecule has 1 aliphatic heterocycles. The van der Waals surface area contributed by atoms with Gasteiger partial charge in [0.2, 0.25) is 11.8 Å². The molecule has 1 saturated heterocycles. The van der Waals surface area contributed by atoms with Gasteiger partial charge in [-0.05, 0) is 44.9 Å². The van der Waals surface area contributed by atoms with Crippen LogP contribution < -0.4 is 5.32 Å². The molecular weight excluding hydrogens is 376 g/mol. The zero-order chi connectivity index (χ0) is 21.9. The van der Waals surface area contributed by atoms with Gasteiger partial charge in [0.05, 0.1) is 6.04 Å². The highest BCUT2D eigenvalue weighted by atomic mass is 16.2. The lowest BCUT2D eigenvalue weighted by molar-refractivity contribution is -0.140. The van der Waals surface area contributed by atoms with Crippen molar-refractivity contribution >= 4 is 11.8 Å². The number of aryl methyl sites for hydroxylation is 1. The van der Waals surface area contributed by atoms with Crippen LogP contribution in [0.4, 0.5) is 0 Å². The van der Waals surface area contributed by atoms with Crippen molar-refractivity contribution in [2.24, 2.45) is 11.3 Å². The van der Waals surface area contributed by atoms with E-state index in [1.807, 2.05) is 31.9 Å². The van der Waals surface area contributed by atoms with Crippen molar-refractivity contribution in [3.05, 3.63) is 23.3 Å². The lowest BCUT2D eigenvalue weighted by atomic mass is 9.89. The number of carbonyl (C=O) groups excluding carboxylic acids is 2. The van der Waals surface area contributed by atoms with Gasteiger partial charge in [-0.2, -0.15) is 0 Å². The van der Waals surface area contributed by atoms with Crippen molar-refractivity contribution in [3.8, 4) is 0 Å². The fraction of sp³-hybridized carbons (Fsp3) is 0.750. The minimum Gasteiger partial charge on any atom is -0.349 e. The zero-order valence-corrected chi connectivity index (χ0v) is 19.3. The fourth-order valence-corrected chi connectivity index (χ4v) is 4.67. The average Bonchev–Trinajstić information content (AvgIpc) is 2.73. The summed E-state index contributed by atoms with van der Waals surface area (Å²) < 4.78 is 0. The van der Waals surface area contributed by atoms with E-state index in [-0.39, 0.29) is 29.2 Å². The maximum Gasteiger partial charge on any atom is 0.227 e. The van der Waals surface area contributed by atoms with E-state index in [4.69, 9.17) is 9.97 Å². The maximum atomic E-state index is 12.6. The van der Waals surface area contributed by atoms with E-state index in [2.05, 4.69) is 19.2 Å². The van der Waals surface area contributed by atoms with Crippen LogP contribution in [-0.4, -0.2) is 39.8 Å². The molecule has 2 heterocycles. The van der Waals surface area contributed by atoms with Gasteiger partial charge in [0, 0.05) is 47.8 Å². The van der Waals surface area contributed by atoms with E-state index >= 15 is 0 Å². The molecule has 3 rings (SSSR count). The van der Waals surface area contributed by atoms with Crippen LogP contribution in [0.5, 0.6) is 0 Å². The summed E-state index contributed by atoms with van der Waals surface area (Å²) in [7, 11) is 0. The fourth-order valence-electron chi connectivity index (χ4n) is 4.67. The molecule has 2 aliphatic rings. The monoisotopic (exact) mass is 414 g/mol. The second kappa shape index (κ2) is 9.44. The smallest absolute Gasteiger partial charge is 0.227 e. The van der Waals surface area contributed by atoms with Gasteiger partial charge in [0.25, 0.3) is 0 Å². The first-order valence-corrected chi connectivity index (χ1v) is 11.7. The molecule has 0 aromatic carbocycles. The largest absolute Gasteiger partial charge is 0.349 e. The number of carbonyl (C=O) groups is 2. The number of nitrogens with zero attached hydrogens (tertiary/aromatic N) is 3. The summed E-state index contributed by atoms with van der Waals surface area (Å²) in [6.07, 6.45) is 8.45. The first-order chi connectivity index (χ1) is 14.2. The summed E-state index contributed by atoms with van der Waals surface area (Å²) in [4.78, 5) is 36.7. The molecule has 166 valence electrons. The van der Waals surface area contributed by atoms with E-state index in [0.29, 0.717) is 5.92 Å². The van der Waals surface area contributed by atoms with Gasteiger partial charge in [-0.3, -0.25) is 9.59 Å². The van der Waals surface area contributed by atoms with Crippen molar-refractivity contribution in [3.63, 3.8) is 0 Å². The average molecular weight is 415 g/mol. The van der Waals surface area contributed by atoms with Crippen LogP contribution in [0, 0.1) is 11.3 Å². The Morgan fingerprint density at radius 2 is 1.83 bits per heavy atom. The summed E-state index contributed by atoms with van der Waals surface area (Å²) in [5.41, 5.74) is 1.85. The lowest BCUT2D eigenvalue weighted by Gasteiger charge is -2.35. The van der Waals surface area contributed by atoms with Gasteiger partial charge >= 0.3 is 0 Å². The van der Waals surface area contributed by atoms with Crippen LogP contribution in [0.15, 0.2) is 6.20 Å². The second-order valence-electron chi connectivity index (χ2n) is 9.91. The first-order valence-electron chi connectivity index (χ1n) is 11.7. The number of amides is 2. The third-order valence-electron chi connectivity index (χ3n) is 6.66. The van der Waals surface area contributed by atoms with E-state index < -0.39 is 0 Å². The van der Waals surface area contributed by atoms with Crippen molar-refractivity contribution in [1.82, 2.24) is 20.2 Å². The Morgan fingerprint density at radius 1 is 1.17 bits per heavy atom. The Balaban J connectivity index is 1.66. The molecular formula is C24H38N4O2. The Morgan fingerprint density at radius 3 is 2.43 bits per heavy atom. The number of nitrogens with one attached hydrogen (secondary N) is 1. The van der Waals surface area contributed by atoms with Crippen LogP contribution in [0.2, 0.25) is 0 Å². The molecule has 2 amide bonds. The molecule has 1 N–H and O–H groups in total. The molecule has 0 spiro atoms. The predicted octanol–water partition coefficient (Wildman–Crippen LogP) is 4.16. The van der Waals surface area contributed by atoms with Crippen LogP contribution in [0.3, 0.4) is 0 Å². The molecule has 1 fully saturated rings. The minimum absolute atomic E-state index is 0.0298. The summed E-state index contributed by atoms with van der Waals surface area (Å²) in [6.45, 7) is 11.6. The third kappa shape index (κ3) is 5.01. The molecule has 1 atom stereocenters. The van der Waals surface area contributed by atoms with Crippen molar-refractivity contribution in [2.45, 2.75) is 91.5 Å². The molecule has 30 heavy (non-hydrogen) atoms. The molecule has 6 nitrogen and oxygen atoms in total. The van der Waals surface area contributed by atoms with Crippen LogP contribution in [-0.2, 0) is 16.0 Å². The molecule has 0 radical (unpaired) electrons. The van der Waals surface area contributed by atoms with E-state index in [0.717, 1.165) is 75.1 Å². The van der Waals surface area contributed by atoms with Crippen LogP contribution >= 0.6 is 0 Å². The topological polar surface area (TPSA) is 75.2 Å². The standard InChI is InChI=1S/C24H38N4O2/c1-6-16(7-2)22(29)27-20-10-8-9-19-18(20)15-25-21(26-19)17-11-13-28(14-12-17)23(30)24(3,4)5/h15-17,20H,6-14H2,1-5H3,(H,27,29)/t20-/m1/s1. The Kier molecular flexibility index (Phi) is 7.14. The molecule has 1 aliphatic carbocycles. The minimum atomic E-state index is -0.330. The Labute approximate surface area is 181 Å². The number of hydrogen-bond acceptors (Lipinski definition) is 4. The van der Waals surface area contributed by atoms with Gasteiger partial charge in [-0.15, -0.1) is 0 Å². The van der Waals surface area contributed by atoms with Crippen molar-refractivity contribution in [2.75, 3.05) is 13.1 Å². The second-order valence-corrected chi connectivity index (χ2v) is 9.91. The van der Waals surface area contributed by atoms with Gasteiger partial charge in [-0.25, -0.2) is 9.97 Å². The summed E-state index contributed by atoms with van der Waals surface area (Å²) in [5.74, 6) is 1.67. The number of aromatic nitrogens is 2. The highest BCUT2D eigenvalue weighted by molar-refractivity contribution is 5.81. The molecule has 0 saturated carbocycles. The number of piperidine rings is 1. The summed E-state index contributed by atoms with van der Waals surface area (Å²) >= 11 is 0. The van der Waals surface area contributed by atoms with E-state index in [1.165, 1.54) is 0 Å². The molecule has 0 unspecified atom stereocenters. The lowest BCUT2D eigenvalue weighted by Crippen LogP contribution is -2.44. The molecule has 1 aromatic rings. The Bertz CT molecular complexity index is 759. The summed E-state index contributed by atoms with van der Waals surface area (Å²) in [5, 5.41) is 3.25. The Hall–Kier alpha value is -1.98. The highest BCUT2D eigenvalue weighted by Crippen LogP contribution is 2.32. The van der Waals surface area contributed by atoms with Gasteiger partial charge in [-0.1, -0.05) is 34.6 Å². The van der Waals surface area contributed by atoms with E-state index in [1.54, 1.807) is 0 Å². The molecule has 0 bridgehead atoms. The van der Waals surface area contributed by atoms with Gasteiger partial charge in [0.1, 0.15) is 5.82 Å².